The Balaban J connectivity index is 4.33. The van der Waals surface area contributed by atoms with Gasteiger partial charge in [0.25, 0.3) is 0 Å². The maximum Gasteiger partial charge on any atom is 0.156 e. The molecule has 1 N–H and O–H groups in total. The summed E-state index contributed by atoms with van der Waals surface area (Å²) in [6.45, 7) is 8.12. The zero-order valence-corrected chi connectivity index (χ0v) is 12.0. The topological polar surface area (TPSA) is 40.5 Å². The number of carbonyl (C=O) groups is 1. The van der Waals surface area contributed by atoms with Crippen LogP contribution in [-0.4, -0.2) is 42.5 Å². The second kappa shape index (κ2) is 6.92. The van der Waals surface area contributed by atoms with Crippen molar-refractivity contribution in [1.82, 2.24) is 4.90 Å². The van der Waals surface area contributed by atoms with Crippen LogP contribution < -0.4 is 0 Å². The average molecular weight is 241 g/mol. The number of likely N-dealkylation sites (N-methyl/N-ethyl adjacent to an activating group) is 1. The van der Waals surface area contributed by atoms with Crippen molar-refractivity contribution < 1.29 is 9.90 Å². The van der Waals surface area contributed by atoms with Crippen LogP contribution >= 0.6 is 0 Å². The van der Waals surface area contributed by atoms with E-state index in [1.807, 2.05) is 51.9 Å². The lowest BCUT2D eigenvalue weighted by molar-refractivity contribution is -0.125. The van der Waals surface area contributed by atoms with Crippen LogP contribution in [0.25, 0.3) is 0 Å². The number of nitrogens with zero attached hydrogens (tertiary/aromatic N) is 1. The van der Waals surface area contributed by atoms with E-state index in [1.54, 1.807) is 6.92 Å². The first-order valence-corrected chi connectivity index (χ1v) is 6.20. The molecule has 0 heterocycles. The maximum absolute atomic E-state index is 11.9. The van der Waals surface area contributed by atoms with Crippen LogP contribution in [0.2, 0.25) is 0 Å². The van der Waals surface area contributed by atoms with E-state index in [0.717, 1.165) is 6.42 Å². The van der Waals surface area contributed by atoms with Crippen molar-refractivity contribution in [2.75, 3.05) is 20.6 Å². The summed E-state index contributed by atoms with van der Waals surface area (Å²) in [4.78, 5) is 13.8. The first kappa shape index (κ1) is 16.3. The molecule has 0 bridgehead atoms. The van der Waals surface area contributed by atoms with Crippen LogP contribution in [0.1, 0.15) is 34.1 Å². The second-order valence-electron chi connectivity index (χ2n) is 5.74. The fraction of sp³-hybridized carbons (Fsp3) is 0.786. The smallest absolute Gasteiger partial charge is 0.156 e. The minimum atomic E-state index is -0.428. The molecule has 17 heavy (non-hydrogen) atoms. The highest BCUT2D eigenvalue weighted by molar-refractivity contribution is 5.87. The summed E-state index contributed by atoms with van der Waals surface area (Å²) in [6, 6.07) is 0. The molecule has 0 aliphatic rings. The molecule has 0 spiro atoms. The predicted octanol–water partition coefficient (Wildman–Crippen LogP) is 2.11. The number of rotatable bonds is 7. The van der Waals surface area contributed by atoms with E-state index in [1.165, 1.54) is 0 Å². The van der Waals surface area contributed by atoms with Gasteiger partial charge in [-0.25, -0.2) is 0 Å². The number of carbonyl (C=O) groups excluding carboxylic acids is 1. The summed E-state index contributed by atoms with van der Waals surface area (Å²) >= 11 is 0. The minimum absolute atomic E-state index is 0.212. The molecule has 0 rings (SSSR count). The first-order chi connectivity index (χ1) is 7.66. The third kappa shape index (κ3) is 6.59. The highest BCUT2D eigenvalue weighted by Gasteiger charge is 2.24. The highest BCUT2D eigenvalue weighted by Crippen LogP contribution is 2.20. The van der Waals surface area contributed by atoms with Crippen LogP contribution in [0.5, 0.6) is 0 Å². The van der Waals surface area contributed by atoms with E-state index in [4.69, 9.17) is 0 Å². The maximum atomic E-state index is 11.9. The molecule has 0 aromatic carbocycles. The molecule has 0 amide bonds. The normalized spacial score (nSPS) is 16.5. The van der Waals surface area contributed by atoms with E-state index in [9.17, 15) is 9.90 Å². The second-order valence-corrected chi connectivity index (χ2v) is 5.74. The lowest BCUT2D eigenvalue weighted by atomic mass is 9.86. The molecule has 3 nitrogen and oxygen atoms in total. The van der Waals surface area contributed by atoms with Crippen molar-refractivity contribution in [2.45, 2.75) is 40.2 Å². The molecule has 2 unspecified atom stereocenters. The van der Waals surface area contributed by atoms with Crippen molar-refractivity contribution in [3.8, 4) is 0 Å². The monoisotopic (exact) mass is 241 g/mol. The molecular formula is C14H27NO2. The van der Waals surface area contributed by atoms with Gasteiger partial charge >= 0.3 is 0 Å². The molecular weight excluding hydrogens is 214 g/mol. The Morgan fingerprint density at radius 2 is 1.88 bits per heavy atom. The predicted molar refractivity (Wildman–Crippen MR) is 71.9 cm³/mol. The van der Waals surface area contributed by atoms with Crippen LogP contribution in [0, 0.1) is 11.3 Å². The number of hydrogen-bond acceptors (Lipinski definition) is 3. The SMILES string of the molecule is CC(O)C(C)CC=CC(C)(C)C(=O)CN(C)C. The number of aliphatic hydroxyl groups is 1. The Kier molecular flexibility index (Phi) is 6.65. The third-order valence-electron chi connectivity index (χ3n) is 3.04. The molecule has 0 radical (unpaired) electrons. The third-order valence-corrected chi connectivity index (χ3v) is 3.04. The average Bonchev–Trinajstić information content (AvgIpc) is 2.15. The molecule has 2 atom stereocenters. The fourth-order valence-corrected chi connectivity index (χ4v) is 1.36. The Labute approximate surface area is 106 Å². The molecule has 0 aliphatic heterocycles. The van der Waals surface area contributed by atoms with E-state index in [0.29, 0.717) is 6.54 Å². The lowest BCUT2D eigenvalue weighted by Gasteiger charge is -2.21. The van der Waals surface area contributed by atoms with Gasteiger partial charge in [0.05, 0.1) is 12.6 Å². The highest BCUT2D eigenvalue weighted by atomic mass is 16.3. The van der Waals surface area contributed by atoms with Crippen molar-refractivity contribution in [3.63, 3.8) is 0 Å². The van der Waals surface area contributed by atoms with Crippen LogP contribution in [-0.2, 0) is 4.79 Å². The Bertz CT molecular complexity index is 267. The Hall–Kier alpha value is -0.670. The van der Waals surface area contributed by atoms with E-state index >= 15 is 0 Å². The fourth-order valence-electron chi connectivity index (χ4n) is 1.36. The van der Waals surface area contributed by atoms with Gasteiger partial charge in [-0.1, -0.05) is 19.1 Å². The molecule has 0 saturated heterocycles. The molecule has 100 valence electrons. The van der Waals surface area contributed by atoms with Crippen molar-refractivity contribution in [3.05, 3.63) is 12.2 Å². The van der Waals surface area contributed by atoms with Crippen molar-refractivity contribution in [2.24, 2.45) is 11.3 Å². The van der Waals surface area contributed by atoms with E-state index in [2.05, 4.69) is 0 Å². The largest absolute Gasteiger partial charge is 0.393 e. The minimum Gasteiger partial charge on any atom is -0.393 e. The number of aliphatic hydroxyl groups excluding tert-OH is 1. The van der Waals surface area contributed by atoms with Crippen LogP contribution in [0.3, 0.4) is 0 Å². The summed E-state index contributed by atoms with van der Waals surface area (Å²) in [5, 5.41) is 9.37. The summed E-state index contributed by atoms with van der Waals surface area (Å²) in [6.07, 6.45) is 4.46. The van der Waals surface area contributed by atoms with Gasteiger partial charge in [-0.3, -0.25) is 4.79 Å². The van der Waals surface area contributed by atoms with Crippen molar-refractivity contribution in [1.29, 1.82) is 0 Å². The van der Waals surface area contributed by atoms with Gasteiger partial charge in [-0.05, 0) is 47.2 Å². The van der Waals surface area contributed by atoms with Gasteiger partial charge in [-0.2, -0.15) is 0 Å². The Morgan fingerprint density at radius 3 is 2.29 bits per heavy atom. The van der Waals surface area contributed by atoms with E-state index < -0.39 is 5.41 Å². The molecule has 0 aromatic heterocycles. The van der Waals surface area contributed by atoms with E-state index in [-0.39, 0.29) is 17.8 Å². The summed E-state index contributed by atoms with van der Waals surface area (Å²) in [5.74, 6) is 0.439. The molecule has 0 aliphatic carbocycles. The first-order valence-electron chi connectivity index (χ1n) is 6.20. The summed E-state index contributed by atoms with van der Waals surface area (Å²) < 4.78 is 0. The van der Waals surface area contributed by atoms with Gasteiger partial charge < -0.3 is 10.0 Å². The standard InChI is InChI=1S/C14H27NO2/c1-11(12(2)16)8-7-9-14(3,4)13(17)10-15(5)6/h7,9,11-12,16H,8,10H2,1-6H3. The zero-order chi connectivity index (χ0) is 13.6. The van der Waals surface area contributed by atoms with Gasteiger partial charge in [0.15, 0.2) is 5.78 Å². The number of hydrogen-bond donors (Lipinski definition) is 1. The molecule has 0 aromatic rings. The molecule has 3 heteroatoms. The lowest BCUT2D eigenvalue weighted by Crippen LogP contribution is -2.32. The number of allylic oxidation sites excluding steroid dienone is 2. The number of ketones is 1. The van der Waals surface area contributed by atoms with Gasteiger partial charge in [-0.15, -0.1) is 0 Å². The summed E-state index contributed by atoms with van der Waals surface area (Å²) in [5.41, 5.74) is -0.428. The van der Waals surface area contributed by atoms with Crippen molar-refractivity contribution >= 4 is 5.78 Å². The van der Waals surface area contributed by atoms with Crippen LogP contribution in [0.15, 0.2) is 12.2 Å². The quantitative estimate of drug-likeness (QED) is 0.694. The van der Waals surface area contributed by atoms with Gasteiger partial charge in [0.1, 0.15) is 0 Å². The number of Topliss-reactive ketones (excluding diaryl/α,β-unsaturated/α-hetero) is 1. The van der Waals surface area contributed by atoms with Crippen LogP contribution in [0.4, 0.5) is 0 Å². The van der Waals surface area contributed by atoms with Gasteiger partial charge in [0.2, 0.25) is 0 Å². The Morgan fingerprint density at radius 1 is 1.35 bits per heavy atom. The van der Waals surface area contributed by atoms with Gasteiger partial charge in [0, 0.05) is 5.41 Å². The summed E-state index contributed by atoms with van der Waals surface area (Å²) in [7, 11) is 3.79. The molecule has 0 saturated carbocycles. The molecule has 0 fully saturated rings. The zero-order valence-electron chi connectivity index (χ0n) is 12.0.